The topological polar surface area (TPSA) is 59.7 Å². The van der Waals surface area contributed by atoms with Gasteiger partial charge in [-0.15, -0.1) is 0 Å². The first kappa shape index (κ1) is 76.4. The SMILES string of the molecule is COc1ccc(N(c2ccc3c(c2)C(C)(C)c2ccccc2-3)c2ccc3c(c2)c2cc(N(c4ccc(OC)cc4)c4ccc5c(c4)C(C)(C)c4ccccc4-5)ccc2n3C2CCC2n2c3ccc(N(c4ccc(OC)cc4)c4ccc5c(c4)C(C)(C)c4ccccc4-5)cc3c3cc(N(c4ccc(OC)cc4)c4ccc5c(c4)C(C)(C)c4ccccc4-5)ccc32)cc1. The lowest BCUT2D eigenvalue weighted by atomic mass is 9.82. The van der Waals surface area contributed by atoms with E-state index in [1.54, 1.807) is 28.4 Å². The van der Waals surface area contributed by atoms with Crippen LogP contribution in [0, 0.1) is 0 Å². The van der Waals surface area contributed by atoms with Crippen molar-refractivity contribution >= 4 is 112 Å². The van der Waals surface area contributed by atoms with Crippen molar-refractivity contribution < 1.29 is 18.9 Å². The lowest BCUT2D eigenvalue weighted by Crippen LogP contribution is -2.31. The van der Waals surface area contributed by atoms with E-state index in [0.29, 0.717) is 0 Å². The molecule has 16 aromatic carbocycles. The van der Waals surface area contributed by atoms with E-state index in [-0.39, 0.29) is 33.7 Å². The molecular formula is C116H98N6O4. The summed E-state index contributed by atoms with van der Waals surface area (Å²) in [5, 5.41) is 4.64. The average molecular weight is 1640 g/mol. The molecule has 616 valence electrons. The van der Waals surface area contributed by atoms with Crippen LogP contribution in [0.1, 0.15) is 125 Å². The molecule has 0 N–H and O–H groups in total. The lowest BCUT2D eigenvalue weighted by molar-refractivity contribution is 0.205. The summed E-state index contributed by atoms with van der Waals surface area (Å²) in [6, 6.07) is 128. The number of hydrogen-bond donors (Lipinski definition) is 0. The molecule has 5 aliphatic rings. The van der Waals surface area contributed by atoms with Crippen LogP contribution in [-0.2, 0) is 21.7 Å². The fourth-order valence-electron chi connectivity index (χ4n) is 22.4. The van der Waals surface area contributed by atoms with Gasteiger partial charge in [0.05, 0.1) is 40.5 Å². The molecule has 0 aliphatic heterocycles. The zero-order valence-electron chi connectivity index (χ0n) is 73.2. The number of benzene rings is 16. The number of rotatable bonds is 18. The highest BCUT2D eigenvalue weighted by molar-refractivity contribution is 6.13. The van der Waals surface area contributed by atoms with Crippen molar-refractivity contribution in [2.45, 2.75) is 102 Å². The van der Waals surface area contributed by atoms with Crippen LogP contribution in [0.15, 0.2) is 340 Å². The van der Waals surface area contributed by atoms with E-state index in [0.717, 1.165) is 126 Å². The smallest absolute Gasteiger partial charge is 0.119 e. The van der Waals surface area contributed by atoms with Gasteiger partial charge >= 0.3 is 0 Å². The van der Waals surface area contributed by atoms with E-state index in [9.17, 15) is 0 Å². The summed E-state index contributed by atoms with van der Waals surface area (Å²) >= 11 is 0. The van der Waals surface area contributed by atoms with Crippen molar-refractivity contribution in [2.75, 3.05) is 48.0 Å². The second-order valence-corrected chi connectivity index (χ2v) is 37.0. The van der Waals surface area contributed by atoms with E-state index in [1.165, 1.54) is 111 Å². The standard InChI is InChI=1S/C116H98N6O4/c1-113(2)99-25-17-13-21-87(99)91-53-37-79(67-103(91)113)117(71-29-45-83(123-9)46-30-71)75-41-57-107-95(63-75)96-64-76(118(72-31-47-84(124-10)48-32-72)80-38-54-92-88-22-14-18-26-100(88)114(3,4)104(92)68-80)42-58-108(96)121(107)111-61-62-112(111)122-109-59-43-77(119(73-33-49-85(125-11)50-34-73)81-39-55-93-89-23-15-19-27-101(89)115(5,6)105(93)69-81)65-97(109)98-66-78(44-60-110(98)122)120(74-35-51-86(126-12)52-36-74)82-40-56-94-90-24-16-20-28-102(90)116(7,8)106(94)70-82/h13-60,63-70,111-112H,61-62H2,1-12H3. The van der Waals surface area contributed by atoms with Crippen LogP contribution < -0.4 is 38.5 Å². The summed E-state index contributed by atoms with van der Waals surface area (Å²) < 4.78 is 29.0. The van der Waals surface area contributed by atoms with Crippen LogP contribution in [0.25, 0.3) is 88.1 Å². The van der Waals surface area contributed by atoms with Crippen LogP contribution in [0.5, 0.6) is 23.0 Å². The minimum absolute atomic E-state index is 0.0146. The Balaban J connectivity index is 0.740. The van der Waals surface area contributed by atoms with Gasteiger partial charge in [0.1, 0.15) is 23.0 Å². The highest BCUT2D eigenvalue weighted by Crippen LogP contribution is 2.59. The minimum atomic E-state index is -0.229. The van der Waals surface area contributed by atoms with Crippen molar-refractivity contribution in [2.24, 2.45) is 0 Å². The first-order valence-electron chi connectivity index (χ1n) is 44.2. The fraction of sp³-hybridized carbons (Fsp3) is 0.172. The summed E-state index contributed by atoms with van der Waals surface area (Å²) in [6.07, 6.45) is 1.91. The van der Waals surface area contributed by atoms with Crippen molar-refractivity contribution in [3.8, 4) is 67.5 Å². The molecule has 0 radical (unpaired) electrons. The minimum Gasteiger partial charge on any atom is -0.497 e. The molecule has 0 bridgehead atoms. The van der Waals surface area contributed by atoms with Gasteiger partial charge in [0, 0.05) is 134 Å². The second-order valence-electron chi connectivity index (χ2n) is 37.0. The Bertz CT molecular complexity index is 6620. The predicted molar refractivity (Wildman–Crippen MR) is 521 cm³/mol. The molecule has 2 aromatic heterocycles. The molecular weight excluding hydrogens is 1540 g/mol. The largest absolute Gasteiger partial charge is 0.497 e. The van der Waals surface area contributed by atoms with Gasteiger partial charge in [-0.1, -0.05) is 177 Å². The number of nitrogens with zero attached hydrogens (tertiary/aromatic N) is 6. The van der Waals surface area contributed by atoms with E-state index < -0.39 is 0 Å². The molecule has 2 atom stereocenters. The zero-order valence-corrected chi connectivity index (χ0v) is 73.2. The Morgan fingerprint density at radius 3 is 0.595 bits per heavy atom. The molecule has 1 fully saturated rings. The molecule has 2 unspecified atom stereocenters. The number of fused-ring (bicyclic) bond motifs is 18. The van der Waals surface area contributed by atoms with Gasteiger partial charge < -0.3 is 47.7 Å². The highest BCUT2D eigenvalue weighted by atomic mass is 16.5. The molecule has 18 aromatic rings. The Kier molecular flexibility index (Phi) is 17.3. The van der Waals surface area contributed by atoms with Gasteiger partial charge in [0.2, 0.25) is 0 Å². The van der Waals surface area contributed by atoms with Crippen molar-refractivity contribution in [1.29, 1.82) is 0 Å². The lowest BCUT2D eigenvalue weighted by Gasteiger charge is -2.41. The van der Waals surface area contributed by atoms with Crippen LogP contribution >= 0.6 is 0 Å². The van der Waals surface area contributed by atoms with Gasteiger partial charge in [0.15, 0.2) is 0 Å². The summed E-state index contributed by atoms with van der Waals surface area (Å²) in [5.41, 5.74) is 37.3. The predicted octanol–water partition coefficient (Wildman–Crippen LogP) is 30.6. The Labute approximate surface area is 737 Å². The molecule has 10 nitrogen and oxygen atoms in total. The van der Waals surface area contributed by atoms with Gasteiger partial charge in [-0.3, -0.25) is 0 Å². The molecule has 2 heterocycles. The normalized spacial score (nSPS) is 15.8. The van der Waals surface area contributed by atoms with Gasteiger partial charge in [-0.25, -0.2) is 0 Å². The third kappa shape index (κ3) is 11.5. The number of aromatic nitrogens is 2. The Morgan fingerprint density at radius 1 is 0.206 bits per heavy atom. The van der Waals surface area contributed by atoms with Gasteiger partial charge in [0.25, 0.3) is 0 Å². The van der Waals surface area contributed by atoms with Crippen LogP contribution in [0.2, 0.25) is 0 Å². The summed E-state index contributed by atoms with van der Waals surface area (Å²) in [5.74, 6) is 3.20. The van der Waals surface area contributed by atoms with Crippen LogP contribution in [0.4, 0.5) is 68.2 Å². The van der Waals surface area contributed by atoms with E-state index in [1.807, 2.05) is 0 Å². The second kappa shape index (κ2) is 28.5. The third-order valence-electron chi connectivity index (χ3n) is 29.1. The van der Waals surface area contributed by atoms with E-state index >= 15 is 0 Å². The number of anilines is 12. The Hall–Kier alpha value is -14.5. The zero-order chi connectivity index (χ0) is 85.6. The van der Waals surface area contributed by atoms with E-state index in [2.05, 4.69) is 424 Å². The van der Waals surface area contributed by atoms with Crippen LogP contribution in [-0.4, -0.2) is 37.6 Å². The molecule has 5 aliphatic carbocycles. The maximum atomic E-state index is 5.88. The molecule has 1 saturated carbocycles. The molecule has 0 spiro atoms. The first-order valence-corrected chi connectivity index (χ1v) is 44.2. The van der Waals surface area contributed by atoms with Gasteiger partial charge in [-0.05, 0) is 320 Å². The summed E-state index contributed by atoms with van der Waals surface area (Å²) in [7, 11) is 6.97. The fourth-order valence-corrected chi connectivity index (χ4v) is 22.4. The van der Waals surface area contributed by atoms with Crippen molar-refractivity contribution in [1.82, 2.24) is 9.13 Å². The number of methoxy groups -OCH3 is 4. The molecule has 0 amide bonds. The van der Waals surface area contributed by atoms with E-state index in [4.69, 9.17) is 18.9 Å². The third-order valence-corrected chi connectivity index (χ3v) is 29.1. The van der Waals surface area contributed by atoms with Crippen molar-refractivity contribution in [3.63, 3.8) is 0 Å². The molecule has 23 rings (SSSR count). The molecule has 10 heteroatoms. The van der Waals surface area contributed by atoms with Gasteiger partial charge in [-0.2, -0.15) is 0 Å². The van der Waals surface area contributed by atoms with Crippen molar-refractivity contribution in [3.05, 3.63) is 384 Å². The number of hydrogen-bond acceptors (Lipinski definition) is 8. The Morgan fingerprint density at radius 2 is 0.389 bits per heavy atom. The molecule has 0 saturated heterocycles. The first-order chi connectivity index (χ1) is 61.3. The maximum absolute atomic E-state index is 5.88. The monoisotopic (exact) mass is 1640 g/mol. The average Bonchev–Trinajstić information content (AvgIpc) is 1.55. The summed E-state index contributed by atoms with van der Waals surface area (Å²) in [4.78, 5) is 9.80. The highest BCUT2D eigenvalue weighted by Gasteiger charge is 2.43. The molecule has 126 heavy (non-hydrogen) atoms. The quantitative estimate of drug-likeness (QED) is 0.0842. The maximum Gasteiger partial charge on any atom is 0.119 e. The summed E-state index contributed by atoms with van der Waals surface area (Å²) in [6.45, 7) is 19.0. The van der Waals surface area contributed by atoms with Crippen LogP contribution in [0.3, 0.4) is 0 Å². The number of ether oxygens (including phenoxy) is 4.